The van der Waals surface area contributed by atoms with Gasteiger partial charge >= 0.3 is 0 Å². The average Bonchev–Trinajstić information content (AvgIpc) is 2.84. The van der Waals surface area contributed by atoms with E-state index in [0.29, 0.717) is 12.3 Å². The zero-order valence-electron chi connectivity index (χ0n) is 9.56. The molecule has 0 radical (unpaired) electrons. The highest BCUT2D eigenvalue weighted by molar-refractivity contribution is 5.83. The zero-order chi connectivity index (χ0) is 12.5. The highest BCUT2D eigenvalue weighted by Crippen LogP contribution is 2.29. The molecule has 0 saturated carbocycles. The van der Waals surface area contributed by atoms with Crippen molar-refractivity contribution in [2.24, 2.45) is 5.73 Å². The molecule has 4 heteroatoms. The normalized spacial score (nSPS) is 11.0. The van der Waals surface area contributed by atoms with Gasteiger partial charge in [-0.05, 0) is 23.8 Å². The lowest BCUT2D eigenvalue weighted by Gasteiger charge is -1.99. The molecule has 0 saturated heterocycles. The van der Waals surface area contributed by atoms with Gasteiger partial charge in [-0.15, -0.1) is 0 Å². The molecule has 0 aliphatic rings. The summed E-state index contributed by atoms with van der Waals surface area (Å²) in [6.45, 7) is 0.412. The zero-order valence-corrected chi connectivity index (χ0v) is 9.56. The maximum absolute atomic E-state index is 13.5. The first-order valence-electron chi connectivity index (χ1n) is 5.60. The summed E-state index contributed by atoms with van der Waals surface area (Å²) in [7, 11) is 0. The number of rotatable bonds is 2. The molecule has 0 bridgehead atoms. The number of nitrogens with two attached hydrogens (primary N) is 1. The molecule has 3 nitrogen and oxygen atoms in total. The molecule has 0 spiro atoms. The Balaban J connectivity index is 2.16. The molecule has 0 aliphatic carbocycles. The average molecular weight is 242 g/mol. The maximum Gasteiger partial charge on any atom is 0.170 e. The molecule has 2 heterocycles. The van der Waals surface area contributed by atoms with Gasteiger partial charge in [-0.3, -0.25) is 4.98 Å². The standard InChI is InChI=1S/C14H11FN2O/c15-12-3-1-2-10-5-13(18-14(10)12)11-4-9(6-16)7-17-8-11/h1-5,7-8H,6,16H2. The van der Waals surface area contributed by atoms with Crippen molar-refractivity contribution in [2.75, 3.05) is 0 Å². The van der Waals surface area contributed by atoms with Crippen LogP contribution in [0, 0.1) is 5.82 Å². The largest absolute Gasteiger partial charge is 0.453 e. The van der Waals surface area contributed by atoms with Crippen molar-refractivity contribution in [3.8, 4) is 11.3 Å². The molecule has 2 N–H and O–H groups in total. The number of furan rings is 1. The molecule has 1 aromatic carbocycles. The Hall–Kier alpha value is -2.20. The monoisotopic (exact) mass is 242 g/mol. The summed E-state index contributed by atoms with van der Waals surface area (Å²) in [6, 6.07) is 8.54. The summed E-state index contributed by atoms with van der Waals surface area (Å²) in [4.78, 5) is 4.09. The van der Waals surface area contributed by atoms with Crippen molar-refractivity contribution in [3.63, 3.8) is 0 Å². The second-order valence-electron chi connectivity index (χ2n) is 4.05. The van der Waals surface area contributed by atoms with Crippen LogP contribution in [0.1, 0.15) is 5.56 Å². The molecule has 90 valence electrons. The molecule has 3 rings (SSSR count). The number of para-hydroxylation sites is 1. The summed E-state index contributed by atoms with van der Waals surface area (Å²) < 4.78 is 19.1. The van der Waals surface area contributed by atoms with E-state index in [9.17, 15) is 4.39 Å². The fraction of sp³-hybridized carbons (Fsp3) is 0.0714. The van der Waals surface area contributed by atoms with Crippen LogP contribution in [0.3, 0.4) is 0 Å². The van der Waals surface area contributed by atoms with E-state index < -0.39 is 0 Å². The van der Waals surface area contributed by atoms with E-state index >= 15 is 0 Å². The molecule has 2 aromatic heterocycles. The Morgan fingerprint density at radius 2 is 2.11 bits per heavy atom. The van der Waals surface area contributed by atoms with E-state index in [1.165, 1.54) is 6.07 Å². The Bertz CT molecular complexity index is 706. The lowest BCUT2D eigenvalue weighted by molar-refractivity contribution is 0.568. The molecule has 0 amide bonds. The van der Waals surface area contributed by atoms with E-state index in [1.807, 2.05) is 12.1 Å². The third-order valence-corrected chi connectivity index (χ3v) is 2.81. The van der Waals surface area contributed by atoms with Gasteiger partial charge in [-0.25, -0.2) is 4.39 Å². The van der Waals surface area contributed by atoms with Crippen LogP contribution >= 0.6 is 0 Å². The fourth-order valence-electron chi connectivity index (χ4n) is 1.90. The quantitative estimate of drug-likeness (QED) is 0.751. The minimum Gasteiger partial charge on any atom is -0.453 e. The smallest absolute Gasteiger partial charge is 0.170 e. The van der Waals surface area contributed by atoms with Gasteiger partial charge in [0.25, 0.3) is 0 Å². The van der Waals surface area contributed by atoms with Gasteiger partial charge in [0.2, 0.25) is 0 Å². The summed E-state index contributed by atoms with van der Waals surface area (Å²) in [5, 5.41) is 0.739. The number of pyridine rings is 1. The highest BCUT2D eigenvalue weighted by atomic mass is 19.1. The van der Waals surface area contributed by atoms with Crippen LogP contribution < -0.4 is 5.73 Å². The summed E-state index contributed by atoms with van der Waals surface area (Å²) in [5.41, 5.74) is 7.54. The van der Waals surface area contributed by atoms with Crippen molar-refractivity contribution in [2.45, 2.75) is 6.54 Å². The van der Waals surface area contributed by atoms with Crippen LogP contribution in [-0.2, 0) is 6.54 Å². The number of halogens is 1. The lowest BCUT2D eigenvalue weighted by atomic mass is 10.1. The Morgan fingerprint density at radius 3 is 2.89 bits per heavy atom. The SMILES string of the molecule is NCc1cncc(-c2cc3cccc(F)c3o2)c1. The summed E-state index contributed by atoms with van der Waals surface area (Å²) in [6.07, 6.45) is 3.38. The van der Waals surface area contributed by atoms with Crippen LogP contribution in [0.2, 0.25) is 0 Å². The molecule has 0 atom stereocenters. The van der Waals surface area contributed by atoms with Crippen LogP contribution in [0.4, 0.5) is 4.39 Å². The number of nitrogens with zero attached hydrogens (tertiary/aromatic N) is 1. The molecule has 0 fully saturated rings. The number of aromatic nitrogens is 1. The third-order valence-electron chi connectivity index (χ3n) is 2.81. The molecule has 18 heavy (non-hydrogen) atoms. The van der Waals surface area contributed by atoms with Crippen molar-refractivity contribution in [3.05, 3.63) is 54.1 Å². The van der Waals surface area contributed by atoms with Gasteiger partial charge < -0.3 is 10.2 Å². The minimum absolute atomic E-state index is 0.269. The lowest BCUT2D eigenvalue weighted by Crippen LogP contribution is -1.96. The predicted molar refractivity (Wildman–Crippen MR) is 67.3 cm³/mol. The van der Waals surface area contributed by atoms with Crippen molar-refractivity contribution in [1.29, 1.82) is 0 Å². The first-order chi connectivity index (χ1) is 8.78. The summed E-state index contributed by atoms with van der Waals surface area (Å²) in [5.74, 6) is 0.236. The van der Waals surface area contributed by atoms with E-state index in [4.69, 9.17) is 10.2 Å². The number of benzene rings is 1. The van der Waals surface area contributed by atoms with Gasteiger partial charge in [0.05, 0.1) is 0 Å². The second-order valence-corrected chi connectivity index (χ2v) is 4.05. The topological polar surface area (TPSA) is 52.0 Å². The molecule has 3 aromatic rings. The van der Waals surface area contributed by atoms with E-state index in [1.54, 1.807) is 24.5 Å². The molecule has 0 unspecified atom stereocenters. The first kappa shape index (κ1) is 10.9. The van der Waals surface area contributed by atoms with E-state index in [0.717, 1.165) is 16.5 Å². The van der Waals surface area contributed by atoms with Gasteiger partial charge in [0, 0.05) is 29.9 Å². The number of fused-ring (bicyclic) bond motifs is 1. The first-order valence-corrected chi connectivity index (χ1v) is 5.60. The number of hydrogen-bond donors (Lipinski definition) is 1. The van der Waals surface area contributed by atoms with Crippen LogP contribution in [0.5, 0.6) is 0 Å². The van der Waals surface area contributed by atoms with Crippen molar-refractivity contribution < 1.29 is 8.81 Å². The van der Waals surface area contributed by atoms with Gasteiger partial charge in [0.1, 0.15) is 5.76 Å². The van der Waals surface area contributed by atoms with Crippen molar-refractivity contribution >= 4 is 11.0 Å². The third kappa shape index (κ3) is 1.76. The van der Waals surface area contributed by atoms with E-state index in [2.05, 4.69) is 4.98 Å². The Labute approximate surface area is 103 Å². The van der Waals surface area contributed by atoms with Gasteiger partial charge in [0.15, 0.2) is 11.4 Å². The van der Waals surface area contributed by atoms with Crippen LogP contribution in [-0.4, -0.2) is 4.98 Å². The van der Waals surface area contributed by atoms with Gasteiger partial charge in [-0.2, -0.15) is 0 Å². The number of hydrogen-bond acceptors (Lipinski definition) is 3. The highest BCUT2D eigenvalue weighted by Gasteiger charge is 2.10. The van der Waals surface area contributed by atoms with Crippen LogP contribution in [0.15, 0.2) is 47.1 Å². The Morgan fingerprint density at radius 1 is 1.22 bits per heavy atom. The fourth-order valence-corrected chi connectivity index (χ4v) is 1.90. The van der Waals surface area contributed by atoms with E-state index in [-0.39, 0.29) is 11.4 Å². The molecular weight excluding hydrogens is 231 g/mol. The van der Waals surface area contributed by atoms with Gasteiger partial charge in [-0.1, -0.05) is 12.1 Å². The molecular formula is C14H11FN2O. The van der Waals surface area contributed by atoms with Crippen LogP contribution in [0.25, 0.3) is 22.3 Å². The summed E-state index contributed by atoms with van der Waals surface area (Å²) >= 11 is 0. The predicted octanol–water partition coefficient (Wildman–Crippen LogP) is 3.09. The van der Waals surface area contributed by atoms with Crippen molar-refractivity contribution in [1.82, 2.24) is 4.98 Å². The molecule has 0 aliphatic heterocycles. The maximum atomic E-state index is 13.5. The Kier molecular flexibility index (Phi) is 2.57. The minimum atomic E-state index is -0.360. The second kappa shape index (κ2) is 4.23.